The highest BCUT2D eigenvalue weighted by Crippen LogP contribution is 2.43. The first-order chi connectivity index (χ1) is 19.5. The van der Waals surface area contributed by atoms with Crippen LogP contribution in [0.15, 0.2) is 40.4 Å². The number of allylic oxidation sites excluding steroid dienone is 3. The molecule has 0 spiro atoms. The largest absolute Gasteiger partial charge is 0.507 e. The number of hydrogen-bond donors (Lipinski definition) is 3. The average Bonchev–Trinajstić information content (AvgIpc) is 2.89. The van der Waals surface area contributed by atoms with Gasteiger partial charge in [0.15, 0.2) is 0 Å². The van der Waals surface area contributed by atoms with Gasteiger partial charge in [0.25, 0.3) is 0 Å². The molecule has 0 aliphatic heterocycles. The maximum Gasteiger partial charge on any atom is 0.128 e. The molecule has 0 saturated heterocycles. The smallest absolute Gasteiger partial charge is 0.128 e. The second-order valence-electron chi connectivity index (χ2n) is 16.9. The Hall–Kier alpha value is -2.20. The van der Waals surface area contributed by atoms with Crippen LogP contribution in [-0.2, 0) is 10.8 Å². The van der Waals surface area contributed by atoms with Crippen LogP contribution in [0.3, 0.4) is 0 Å². The lowest BCUT2D eigenvalue weighted by Gasteiger charge is -2.38. The van der Waals surface area contributed by atoms with Crippen molar-refractivity contribution < 1.29 is 10.2 Å². The van der Waals surface area contributed by atoms with Crippen LogP contribution in [0.4, 0.5) is 0 Å². The first-order valence-electron chi connectivity index (χ1n) is 16.5. The van der Waals surface area contributed by atoms with Crippen LogP contribution < -0.4 is 0 Å². The predicted molar refractivity (Wildman–Crippen MR) is 189 cm³/mol. The molecule has 1 saturated carbocycles. The van der Waals surface area contributed by atoms with E-state index in [1.165, 1.54) is 49.5 Å². The molecule has 0 amide bonds. The molecule has 1 aromatic rings. The van der Waals surface area contributed by atoms with Gasteiger partial charge >= 0.3 is 0 Å². The van der Waals surface area contributed by atoms with Crippen LogP contribution in [0.1, 0.15) is 152 Å². The van der Waals surface area contributed by atoms with Crippen LogP contribution >= 0.6 is 0 Å². The fourth-order valence-electron chi connectivity index (χ4n) is 4.77. The van der Waals surface area contributed by atoms with E-state index in [9.17, 15) is 10.2 Å². The van der Waals surface area contributed by atoms with E-state index < -0.39 is 0 Å². The zero-order valence-corrected chi connectivity index (χ0v) is 30.3. The summed E-state index contributed by atoms with van der Waals surface area (Å²) in [7, 11) is 0. The molecule has 4 heteroatoms. The lowest BCUT2D eigenvalue weighted by atomic mass is 9.67. The van der Waals surface area contributed by atoms with E-state index >= 15 is 0 Å². The number of aliphatic hydroxyl groups is 1. The first kappa shape index (κ1) is 38.8. The Kier molecular flexibility index (Phi) is 13.7. The number of benzene rings is 1. The van der Waals surface area contributed by atoms with Crippen molar-refractivity contribution in [2.24, 2.45) is 21.2 Å². The van der Waals surface area contributed by atoms with Crippen molar-refractivity contribution >= 4 is 12.4 Å². The summed E-state index contributed by atoms with van der Waals surface area (Å²) in [5.74, 6) is 0.244. The van der Waals surface area contributed by atoms with Gasteiger partial charge in [-0.25, -0.2) is 0 Å². The lowest BCUT2D eigenvalue weighted by molar-refractivity contribution is 0.190. The molecule has 1 aliphatic carbocycles. The van der Waals surface area contributed by atoms with E-state index in [2.05, 4.69) is 115 Å². The van der Waals surface area contributed by atoms with Gasteiger partial charge in [0.05, 0.1) is 6.61 Å². The Morgan fingerprint density at radius 1 is 0.907 bits per heavy atom. The van der Waals surface area contributed by atoms with E-state index in [0.29, 0.717) is 11.6 Å². The highest BCUT2D eigenvalue weighted by molar-refractivity contribution is 5.83. The van der Waals surface area contributed by atoms with E-state index in [4.69, 9.17) is 10.4 Å². The minimum absolute atomic E-state index is 0.0294. The Bertz CT molecular complexity index is 1140. The average molecular weight is 595 g/mol. The summed E-state index contributed by atoms with van der Waals surface area (Å²) < 4.78 is 0. The van der Waals surface area contributed by atoms with Gasteiger partial charge in [0.1, 0.15) is 5.75 Å². The summed E-state index contributed by atoms with van der Waals surface area (Å²) in [6, 6.07) is 4.46. The third-order valence-corrected chi connectivity index (χ3v) is 9.63. The molecule has 0 heterocycles. The van der Waals surface area contributed by atoms with E-state index in [1.807, 2.05) is 12.3 Å². The van der Waals surface area contributed by atoms with E-state index in [-0.39, 0.29) is 39.4 Å². The second kappa shape index (κ2) is 15.2. The summed E-state index contributed by atoms with van der Waals surface area (Å²) in [5, 5.41) is 27.5. The first-order valence-corrected chi connectivity index (χ1v) is 16.5. The van der Waals surface area contributed by atoms with Crippen LogP contribution in [0.5, 0.6) is 5.75 Å². The fourth-order valence-corrected chi connectivity index (χ4v) is 4.77. The van der Waals surface area contributed by atoms with Crippen LogP contribution in [0.2, 0.25) is 0 Å². The summed E-state index contributed by atoms with van der Waals surface area (Å²) >= 11 is 0. The molecule has 43 heavy (non-hydrogen) atoms. The summed E-state index contributed by atoms with van der Waals surface area (Å²) in [6.45, 7) is 31.0. The lowest BCUT2D eigenvalue weighted by Crippen LogP contribution is -2.29. The van der Waals surface area contributed by atoms with Crippen LogP contribution in [0, 0.1) is 21.7 Å². The van der Waals surface area contributed by atoms with Crippen molar-refractivity contribution in [1.29, 1.82) is 5.41 Å². The zero-order chi connectivity index (χ0) is 33.4. The van der Waals surface area contributed by atoms with Crippen LogP contribution in [-0.4, -0.2) is 35.3 Å². The molecule has 0 bridgehead atoms. The van der Waals surface area contributed by atoms with E-state index in [1.54, 1.807) is 0 Å². The van der Waals surface area contributed by atoms with Gasteiger partial charge in [-0.05, 0) is 69.1 Å². The molecule has 1 aliphatic rings. The van der Waals surface area contributed by atoms with Crippen molar-refractivity contribution in [2.75, 3.05) is 6.61 Å². The number of hydrogen-bond acceptors (Lipinski definition) is 4. The molecule has 0 atom stereocenters. The van der Waals surface area contributed by atoms with Crippen molar-refractivity contribution in [2.45, 2.75) is 152 Å². The van der Waals surface area contributed by atoms with Gasteiger partial charge in [-0.3, -0.25) is 4.99 Å². The summed E-state index contributed by atoms with van der Waals surface area (Å²) in [6.07, 6.45) is 15.0. The number of nitrogens with zero attached hydrogens (tertiary/aromatic N) is 1. The number of aromatic hydroxyl groups is 1. The molecule has 244 valence electrons. The maximum absolute atomic E-state index is 10.2. The van der Waals surface area contributed by atoms with Crippen molar-refractivity contribution in [3.05, 3.63) is 52.1 Å². The zero-order valence-electron chi connectivity index (χ0n) is 30.3. The summed E-state index contributed by atoms with van der Waals surface area (Å²) in [5.41, 5.74) is 5.10. The Balaban J connectivity index is 0.000000453. The summed E-state index contributed by atoms with van der Waals surface area (Å²) in [4.78, 5) is 4.75. The highest BCUT2D eigenvalue weighted by atomic mass is 16.3. The monoisotopic (exact) mass is 595 g/mol. The minimum atomic E-state index is -0.123. The van der Waals surface area contributed by atoms with Gasteiger partial charge in [-0.2, -0.15) is 0 Å². The van der Waals surface area contributed by atoms with Gasteiger partial charge in [0.2, 0.25) is 0 Å². The quantitative estimate of drug-likeness (QED) is 0.207. The number of rotatable bonds is 8. The number of nitrogens with one attached hydrogen (secondary N) is 1. The number of phenolic OH excluding ortho intramolecular Hbond substituents is 1. The molecule has 3 N–H and O–H groups in total. The molecule has 0 aromatic heterocycles. The van der Waals surface area contributed by atoms with Gasteiger partial charge in [-0.15, -0.1) is 0 Å². The standard InChI is InChI=1S/C23H41NO.C16H25NO/c1-21(2,3)19(15-23(7,8)22(4,5)6)14-18(17-25)16-24-20-12-10-9-11-13-20;1-7-16(5,6)12-8-11(10-17)14(18)13(9-12)15(2,3)4/h14-16,20,25H,9-13,17H2,1-8H3;8-10,17-18H,7H2,1-6H3/b18-14-,19-15+,24-16?;. The Morgan fingerprint density at radius 2 is 1.47 bits per heavy atom. The van der Waals surface area contributed by atoms with Crippen molar-refractivity contribution in [1.82, 2.24) is 0 Å². The molecule has 2 rings (SSSR count). The van der Waals surface area contributed by atoms with Gasteiger partial charge in [0, 0.05) is 29.6 Å². The number of phenols is 1. The third kappa shape index (κ3) is 11.7. The fraction of sp³-hybridized carbons (Fsp3) is 0.692. The van der Waals surface area contributed by atoms with Crippen molar-refractivity contribution in [3.63, 3.8) is 0 Å². The second-order valence-corrected chi connectivity index (χ2v) is 16.9. The van der Waals surface area contributed by atoms with Gasteiger partial charge < -0.3 is 15.6 Å². The molecule has 0 radical (unpaired) electrons. The molecule has 4 nitrogen and oxygen atoms in total. The number of aliphatic imine (C=N–C) groups is 1. The third-order valence-electron chi connectivity index (χ3n) is 9.63. The van der Waals surface area contributed by atoms with E-state index in [0.717, 1.165) is 17.6 Å². The Labute approximate surface area is 265 Å². The van der Waals surface area contributed by atoms with Crippen molar-refractivity contribution in [3.8, 4) is 5.75 Å². The normalized spacial score (nSPS) is 16.7. The maximum atomic E-state index is 10.2. The molecular formula is C39H66N2O2. The van der Waals surface area contributed by atoms with Crippen LogP contribution in [0.25, 0.3) is 0 Å². The molecule has 1 aromatic carbocycles. The predicted octanol–water partition coefficient (Wildman–Crippen LogP) is 10.7. The molecule has 0 unspecified atom stereocenters. The van der Waals surface area contributed by atoms with Gasteiger partial charge in [-0.1, -0.05) is 134 Å². The highest BCUT2D eigenvalue weighted by Gasteiger charge is 2.32. The molecular weight excluding hydrogens is 528 g/mol. The minimum Gasteiger partial charge on any atom is -0.507 e. The topological polar surface area (TPSA) is 76.7 Å². The Morgan fingerprint density at radius 3 is 1.88 bits per heavy atom. The molecule has 1 fully saturated rings. The number of aliphatic hydroxyl groups excluding tert-OH is 1. The SMILES string of the molecule is CC(C)(C)C(/C=C(/C=NC1CCCCC1)CO)=C/C(C)(C)C(C)(C)C.CCC(C)(C)c1cc(C=N)c(O)c(C(C)(C)C)c1.